The fraction of sp³-hybridized carbons (Fsp3) is 0.323. The highest BCUT2D eigenvalue weighted by Crippen LogP contribution is 2.38. The second kappa shape index (κ2) is 14.6. The van der Waals surface area contributed by atoms with Gasteiger partial charge in [-0.15, -0.1) is 11.8 Å². The number of urea groups is 1. The summed E-state index contributed by atoms with van der Waals surface area (Å²) in [5.41, 5.74) is 4.64. The van der Waals surface area contributed by atoms with Gasteiger partial charge in [-0.2, -0.15) is 0 Å². The maximum atomic E-state index is 13.7. The number of amides is 4. The van der Waals surface area contributed by atoms with E-state index in [1.807, 2.05) is 73.7 Å². The molecule has 0 spiro atoms. The molecule has 1 heterocycles. The van der Waals surface area contributed by atoms with E-state index in [4.69, 9.17) is 9.84 Å². The maximum absolute atomic E-state index is 13.7. The Balaban J connectivity index is 1.55. The molecule has 0 saturated heterocycles. The van der Waals surface area contributed by atoms with Gasteiger partial charge in [0, 0.05) is 30.2 Å². The van der Waals surface area contributed by atoms with E-state index in [1.165, 1.54) is 11.8 Å². The average Bonchev–Trinajstić information content (AvgIpc) is 3.11. The monoisotopic (exact) mass is 576 g/mol. The van der Waals surface area contributed by atoms with Crippen molar-refractivity contribution in [3.63, 3.8) is 0 Å². The van der Waals surface area contributed by atoms with E-state index in [9.17, 15) is 14.4 Å². The minimum atomic E-state index is -0.634. The standard InChI is InChI=1S/C31H36N4O5S/c1-3-6-29(37)34-26-20-41-28-17-24(40-2)13-14-27(28)35(30(26)38)19-21-9-11-22(12-10-21)25-8-5-4-7-23(25)18-33-31(39)32-15-16-36/h4-5,7-14,17,26,36H,3,6,15-16,18-20H2,1-2H3,(H,34,37)(H2,32,33,39)/t26-/m1/s1. The number of carbonyl (C=O) groups is 3. The number of fused-ring (bicyclic) bond motifs is 1. The molecule has 4 rings (SSSR count). The number of aliphatic hydroxyl groups excluding tert-OH is 1. The van der Waals surface area contributed by atoms with Gasteiger partial charge in [-0.05, 0) is 46.9 Å². The number of thioether (sulfide) groups is 1. The summed E-state index contributed by atoms with van der Waals surface area (Å²) < 4.78 is 5.41. The zero-order valence-corrected chi connectivity index (χ0v) is 24.1. The van der Waals surface area contributed by atoms with Crippen LogP contribution < -0.4 is 25.6 Å². The van der Waals surface area contributed by atoms with E-state index in [2.05, 4.69) is 16.0 Å². The first-order valence-corrected chi connectivity index (χ1v) is 14.6. The molecule has 0 fully saturated rings. The molecule has 0 aromatic heterocycles. The lowest BCUT2D eigenvalue weighted by Crippen LogP contribution is -2.49. The Hall–Kier alpha value is -4.02. The molecule has 0 bridgehead atoms. The van der Waals surface area contributed by atoms with E-state index in [1.54, 1.807) is 12.0 Å². The molecule has 1 aliphatic heterocycles. The van der Waals surface area contributed by atoms with Crippen LogP contribution in [-0.4, -0.2) is 55.0 Å². The largest absolute Gasteiger partial charge is 0.497 e. The van der Waals surface area contributed by atoms with Crippen LogP contribution in [0.4, 0.5) is 10.5 Å². The lowest BCUT2D eigenvalue weighted by atomic mass is 9.98. The molecule has 0 saturated carbocycles. The van der Waals surface area contributed by atoms with Gasteiger partial charge in [0.2, 0.25) is 5.91 Å². The number of aliphatic hydroxyl groups is 1. The summed E-state index contributed by atoms with van der Waals surface area (Å²) in [5, 5.41) is 17.2. The average molecular weight is 577 g/mol. The van der Waals surface area contributed by atoms with E-state index in [0.717, 1.165) is 32.8 Å². The molecule has 3 aromatic carbocycles. The lowest BCUT2D eigenvalue weighted by molar-refractivity contribution is -0.127. The smallest absolute Gasteiger partial charge is 0.315 e. The first-order valence-electron chi connectivity index (χ1n) is 13.6. The van der Waals surface area contributed by atoms with Crippen LogP contribution in [0, 0.1) is 0 Å². The highest BCUT2D eigenvalue weighted by molar-refractivity contribution is 7.99. The molecular formula is C31H36N4O5S. The predicted molar refractivity (Wildman–Crippen MR) is 161 cm³/mol. The van der Waals surface area contributed by atoms with Gasteiger partial charge < -0.3 is 30.7 Å². The van der Waals surface area contributed by atoms with Crippen LogP contribution in [0.15, 0.2) is 71.6 Å². The number of benzene rings is 3. The molecule has 216 valence electrons. The van der Waals surface area contributed by atoms with Crippen molar-refractivity contribution in [1.82, 2.24) is 16.0 Å². The maximum Gasteiger partial charge on any atom is 0.315 e. The second-order valence-corrected chi connectivity index (χ2v) is 10.7. The molecular weight excluding hydrogens is 540 g/mol. The summed E-state index contributed by atoms with van der Waals surface area (Å²) in [5.74, 6) is 0.872. The number of nitrogens with zero attached hydrogens (tertiary/aromatic N) is 1. The summed E-state index contributed by atoms with van der Waals surface area (Å²) in [7, 11) is 1.61. The number of hydrogen-bond acceptors (Lipinski definition) is 6. The Labute approximate surface area is 244 Å². The fourth-order valence-electron chi connectivity index (χ4n) is 4.61. The van der Waals surface area contributed by atoms with Crippen LogP contribution in [0.1, 0.15) is 30.9 Å². The van der Waals surface area contributed by atoms with Crippen molar-refractivity contribution in [3.05, 3.63) is 77.9 Å². The van der Waals surface area contributed by atoms with Crippen molar-refractivity contribution in [1.29, 1.82) is 0 Å². The number of methoxy groups -OCH3 is 1. The number of nitrogens with one attached hydrogen (secondary N) is 3. The van der Waals surface area contributed by atoms with Gasteiger partial charge in [0.25, 0.3) is 5.91 Å². The number of rotatable bonds is 11. The van der Waals surface area contributed by atoms with Gasteiger partial charge in [-0.25, -0.2) is 4.79 Å². The molecule has 10 heteroatoms. The molecule has 4 amide bonds. The van der Waals surface area contributed by atoms with Crippen molar-refractivity contribution in [2.75, 3.05) is 30.9 Å². The zero-order chi connectivity index (χ0) is 29.2. The number of carbonyl (C=O) groups excluding carboxylic acids is 3. The van der Waals surface area contributed by atoms with Crippen molar-refractivity contribution in [3.8, 4) is 16.9 Å². The number of hydrogen-bond donors (Lipinski definition) is 4. The SMILES string of the molecule is CCCC(=O)N[C@@H]1CSc2cc(OC)ccc2N(Cc2ccc(-c3ccccc3CNC(=O)NCCO)cc2)C1=O. The quantitative estimate of drug-likeness (QED) is 0.273. The fourth-order valence-corrected chi connectivity index (χ4v) is 5.70. The van der Waals surface area contributed by atoms with Gasteiger partial charge in [0.15, 0.2) is 0 Å². The summed E-state index contributed by atoms with van der Waals surface area (Å²) in [6.07, 6.45) is 1.09. The Bertz CT molecular complexity index is 1360. The van der Waals surface area contributed by atoms with Crippen molar-refractivity contribution in [2.45, 2.75) is 43.8 Å². The highest BCUT2D eigenvalue weighted by atomic mass is 32.2. The first kappa shape index (κ1) is 30.0. The topological polar surface area (TPSA) is 120 Å². The molecule has 0 aliphatic carbocycles. The molecule has 0 radical (unpaired) electrons. The Morgan fingerprint density at radius 2 is 1.85 bits per heavy atom. The summed E-state index contributed by atoms with van der Waals surface area (Å²) in [4.78, 5) is 40.7. The van der Waals surface area contributed by atoms with E-state index in [-0.39, 0.29) is 31.0 Å². The van der Waals surface area contributed by atoms with Crippen molar-refractivity contribution >= 4 is 35.3 Å². The van der Waals surface area contributed by atoms with E-state index in [0.29, 0.717) is 37.4 Å². The molecule has 3 aromatic rings. The summed E-state index contributed by atoms with van der Waals surface area (Å²) >= 11 is 1.53. The van der Waals surface area contributed by atoms with Gasteiger partial charge >= 0.3 is 6.03 Å². The predicted octanol–water partition coefficient (Wildman–Crippen LogP) is 4.08. The van der Waals surface area contributed by atoms with Crippen molar-refractivity contribution in [2.24, 2.45) is 0 Å². The summed E-state index contributed by atoms with van der Waals surface area (Å²) in [6, 6.07) is 20.5. The minimum Gasteiger partial charge on any atom is -0.497 e. The van der Waals surface area contributed by atoms with Gasteiger partial charge in [-0.1, -0.05) is 55.5 Å². The van der Waals surface area contributed by atoms with Gasteiger partial charge in [0.1, 0.15) is 11.8 Å². The Morgan fingerprint density at radius 3 is 2.59 bits per heavy atom. The number of anilines is 1. The van der Waals surface area contributed by atoms with E-state index >= 15 is 0 Å². The highest BCUT2D eigenvalue weighted by Gasteiger charge is 2.32. The second-order valence-electron chi connectivity index (χ2n) is 9.63. The molecule has 9 nitrogen and oxygen atoms in total. The minimum absolute atomic E-state index is 0.119. The normalized spacial score (nSPS) is 14.6. The van der Waals surface area contributed by atoms with Crippen LogP contribution >= 0.6 is 11.8 Å². The Morgan fingerprint density at radius 1 is 1.07 bits per heavy atom. The molecule has 4 N–H and O–H groups in total. The van der Waals surface area contributed by atoms with Gasteiger partial charge in [0.05, 0.1) is 25.9 Å². The first-order chi connectivity index (χ1) is 19.9. The molecule has 1 aliphatic rings. The zero-order valence-electron chi connectivity index (χ0n) is 23.3. The Kier molecular flexibility index (Phi) is 10.6. The molecule has 1 atom stereocenters. The van der Waals surface area contributed by atoms with Crippen LogP contribution in [-0.2, 0) is 22.7 Å². The van der Waals surface area contributed by atoms with Crippen LogP contribution in [0.25, 0.3) is 11.1 Å². The van der Waals surface area contributed by atoms with Crippen LogP contribution in [0.3, 0.4) is 0 Å². The molecule has 41 heavy (non-hydrogen) atoms. The van der Waals surface area contributed by atoms with Crippen LogP contribution in [0.2, 0.25) is 0 Å². The third kappa shape index (κ3) is 7.80. The van der Waals surface area contributed by atoms with Crippen molar-refractivity contribution < 1.29 is 24.2 Å². The van der Waals surface area contributed by atoms with Crippen LogP contribution in [0.5, 0.6) is 5.75 Å². The number of ether oxygens (including phenoxy) is 1. The van der Waals surface area contributed by atoms with E-state index < -0.39 is 6.04 Å². The third-order valence-corrected chi connectivity index (χ3v) is 7.84. The molecule has 0 unspecified atom stereocenters. The lowest BCUT2D eigenvalue weighted by Gasteiger charge is -2.26. The third-order valence-electron chi connectivity index (χ3n) is 6.70. The summed E-state index contributed by atoms with van der Waals surface area (Å²) in [6.45, 7) is 2.68. The van der Waals surface area contributed by atoms with Gasteiger partial charge in [-0.3, -0.25) is 9.59 Å².